The molecule has 0 N–H and O–H groups in total. The number of rotatable bonds is 5. The highest BCUT2D eigenvalue weighted by Gasteiger charge is 2.00. The third-order valence-electron chi connectivity index (χ3n) is 1.45. The van der Waals surface area contributed by atoms with Crippen LogP contribution in [0.2, 0.25) is 0 Å². The topological polar surface area (TPSA) is 26.3 Å². The highest BCUT2D eigenvalue weighted by Crippen LogP contribution is 2.06. The standard InChI is InChI=1S/C10H11FO2S/c11-8-4-5-9-13-14(12)10-6-2-1-3-7-10/h1-3,5-7,9H,4,8H2/b9-5+. The van der Waals surface area contributed by atoms with Gasteiger partial charge in [0, 0.05) is 0 Å². The number of halogens is 1. The Bertz CT molecular complexity index is 311. The quantitative estimate of drug-likeness (QED) is 0.704. The van der Waals surface area contributed by atoms with Gasteiger partial charge in [0.2, 0.25) is 11.1 Å². The van der Waals surface area contributed by atoms with Crippen molar-refractivity contribution < 1.29 is 12.8 Å². The highest BCUT2D eigenvalue weighted by molar-refractivity contribution is 7.80. The first-order valence-electron chi connectivity index (χ1n) is 4.19. The zero-order valence-electron chi connectivity index (χ0n) is 7.56. The second-order valence-electron chi connectivity index (χ2n) is 2.49. The van der Waals surface area contributed by atoms with Crippen molar-refractivity contribution in [2.45, 2.75) is 11.3 Å². The molecule has 0 amide bonds. The molecule has 1 unspecified atom stereocenters. The van der Waals surface area contributed by atoms with Crippen LogP contribution in [0.4, 0.5) is 4.39 Å². The van der Waals surface area contributed by atoms with Crippen LogP contribution in [0.3, 0.4) is 0 Å². The number of hydrogen-bond donors (Lipinski definition) is 0. The molecule has 0 fully saturated rings. The van der Waals surface area contributed by atoms with Gasteiger partial charge in [-0.2, -0.15) is 0 Å². The van der Waals surface area contributed by atoms with E-state index in [1.807, 2.05) is 6.07 Å². The van der Waals surface area contributed by atoms with Gasteiger partial charge in [-0.1, -0.05) is 18.2 Å². The van der Waals surface area contributed by atoms with E-state index in [-0.39, 0.29) is 6.42 Å². The molecule has 1 aromatic carbocycles. The molecule has 0 aliphatic carbocycles. The molecule has 14 heavy (non-hydrogen) atoms. The van der Waals surface area contributed by atoms with Crippen molar-refractivity contribution in [2.24, 2.45) is 0 Å². The van der Waals surface area contributed by atoms with Gasteiger partial charge in [-0.3, -0.25) is 4.39 Å². The number of benzene rings is 1. The van der Waals surface area contributed by atoms with Crippen molar-refractivity contribution >= 4 is 11.1 Å². The van der Waals surface area contributed by atoms with E-state index in [0.29, 0.717) is 4.90 Å². The summed E-state index contributed by atoms with van der Waals surface area (Å²) >= 11 is -1.50. The predicted octanol–water partition coefficient (Wildman–Crippen LogP) is 2.60. The largest absolute Gasteiger partial charge is 0.405 e. The van der Waals surface area contributed by atoms with Crippen molar-refractivity contribution in [1.82, 2.24) is 0 Å². The van der Waals surface area contributed by atoms with Crippen LogP contribution in [-0.2, 0) is 15.3 Å². The van der Waals surface area contributed by atoms with E-state index < -0.39 is 17.8 Å². The molecule has 0 radical (unpaired) electrons. The Morgan fingerprint density at radius 2 is 2.07 bits per heavy atom. The Balaban J connectivity index is 2.44. The second kappa shape index (κ2) is 6.32. The third-order valence-corrected chi connectivity index (χ3v) is 2.39. The molecule has 2 nitrogen and oxygen atoms in total. The molecule has 0 spiro atoms. The van der Waals surface area contributed by atoms with E-state index in [2.05, 4.69) is 0 Å². The smallest absolute Gasteiger partial charge is 0.240 e. The Kier molecular flexibility index (Phi) is 4.93. The van der Waals surface area contributed by atoms with Crippen LogP contribution in [0.1, 0.15) is 6.42 Å². The summed E-state index contributed by atoms with van der Waals surface area (Å²) in [6, 6.07) is 8.81. The van der Waals surface area contributed by atoms with Crippen LogP contribution < -0.4 is 0 Å². The number of hydrogen-bond acceptors (Lipinski definition) is 2. The summed E-state index contributed by atoms with van der Waals surface area (Å²) in [6.07, 6.45) is 3.05. The molecule has 0 saturated carbocycles. The molecule has 76 valence electrons. The van der Waals surface area contributed by atoms with E-state index in [9.17, 15) is 8.60 Å². The van der Waals surface area contributed by atoms with Crippen LogP contribution >= 0.6 is 0 Å². The van der Waals surface area contributed by atoms with Crippen molar-refractivity contribution in [3.63, 3.8) is 0 Å². The zero-order chi connectivity index (χ0) is 10.2. The normalized spacial score (nSPS) is 12.9. The molecule has 1 rings (SSSR count). The first-order valence-corrected chi connectivity index (χ1v) is 5.27. The lowest BCUT2D eigenvalue weighted by Crippen LogP contribution is -1.91. The number of allylic oxidation sites excluding steroid dienone is 1. The van der Waals surface area contributed by atoms with Crippen LogP contribution in [-0.4, -0.2) is 10.9 Å². The minimum absolute atomic E-state index is 0.284. The molecule has 0 heterocycles. The fourth-order valence-electron chi connectivity index (χ4n) is 0.808. The van der Waals surface area contributed by atoms with Gasteiger partial charge in [-0.05, 0) is 24.6 Å². The molecular formula is C10H11FO2S. The van der Waals surface area contributed by atoms with Crippen molar-refractivity contribution in [2.75, 3.05) is 6.67 Å². The van der Waals surface area contributed by atoms with Crippen LogP contribution in [0.5, 0.6) is 0 Å². The summed E-state index contributed by atoms with van der Waals surface area (Å²) in [7, 11) is 0. The lowest BCUT2D eigenvalue weighted by Gasteiger charge is -1.98. The third kappa shape index (κ3) is 3.70. The molecular weight excluding hydrogens is 203 g/mol. The minimum atomic E-state index is -1.50. The highest BCUT2D eigenvalue weighted by atomic mass is 32.2. The van der Waals surface area contributed by atoms with E-state index in [1.165, 1.54) is 12.3 Å². The van der Waals surface area contributed by atoms with Crippen LogP contribution in [0.15, 0.2) is 47.6 Å². The van der Waals surface area contributed by atoms with Gasteiger partial charge in [-0.15, -0.1) is 0 Å². The van der Waals surface area contributed by atoms with Gasteiger partial charge in [0.25, 0.3) is 0 Å². The maximum absolute atomic E-state index is 11.7. The van der Waals surface area contributed by atoms with E-state index >= 15 is 0 Å². The molecule has 1 aromatic rings. The van der Waals surface area contributed by atoms with Gasteiger partial charge < -0.3 is 4.18 Å². The average molecular weight is 214 g/mol. The molecule has 0 aliphatic rings. The van der Waals surface area contributed by atoms with Gasteiger partial charge in [0.1, 0.15) is 6.26 Å². The van der Waals surface area contributed by atoms with E-state index in [1.54, 1.807) is 24.3 Å². The van der Waals surface area contributed by atoms with Crippen LogP contribution in [0.25, 0.3) is 0 Å². The maximum Gasteiger partial charge on any atom is 0.240 e. The fraction of sp³-hybridized carbons (Fsp3) is 0.200. The number of alkyl halides is 1. The lowest BCUT2D eigenvalue weighted by atomic mass is 10.4. The molecule has 0 bridgehead atoms. The Hall–Kier alpha value is -1.16. The molecule has 0 aliphatic heterocycles. The van der Waals surface area contributed by atoms with E-state index in [0.717, 1.165) is 0 Å². The first-order chi connectivity index (χ1) is 6.84. The molecule has 0 aromatic heterocycles. The molecule has 4 heteroatoms. The van der Waals surface area contributed by atoms with Gasteiger partial charge >= 0.3 is 0 Å². The molecule has 0 saturated heterocycles. The summed E-state index contributed by atoms with van der Waals surface area (Å²) in [6.45, 7) is -0.433. The SMILES string of the molecule is O=S(O/C=C/CCF)c1ccccc1. The Morgan fingerprint density at radius 3 is 2.71 bits per heavy atom. The second-order valence-corrected chi connectivity index (χ2v) is 3.63. The summed E-state index contributed by atoms with van der Waals surface area (Å²) in [4.78, 5) is 0.595. The van der Waals surface area contributed by atoms with Gasteiger partial charge in [-0.25, -0.2) is 4.21 Å². The van der Waals surface area contributed by atoms with Crippen molar-refractivity contribution in [1.29, 1.82) is 0 Å². The molecule has 1 atom stereocenters. The summed E-state index contributed by atoms with van der Waals surface area (Å²) in [5, 5.41) is 0. The van der Waals surface area contributed by atoms with Crippen molar-refractivity contribution in [3.8, 4) is 0 Å². The Labute approximate surface area is 85.1 Å². The van der Waals surface area contributed by atoms with E-state index in [4.69, 9.17) is 4.18 Å². The average Bonchev–Trinajstić information content (AvgIpc) is 2.25. The summed E-state index contributed by atoms with van der Waals surface area (Å²) in [5.74, 6) is 0. The van der Waals surface area contributed by atoms with Gasteiger partial charge in [0.15, 0.2) is 0 Å². The predicted molar refractivity (Wildman–Crippen MR) is 53.7 cm³/mol. The summed E-state index contributed by atoms with van der Waals surface area (Å²) in [5.41, 5.74) is 0. The van der Waals surface area contributed by atoms with Crippen LogP contribution in [0, 0.1) is 0 Å². The van der Waals surface area contributed by atoms with Crippen molar-refractivity contribution in [3.05, 3.63) is 42.7 Å². The Morgan fingerprint density at radius 1 is 1.36 bits per heavy atom. The first kappa shape index (κ1) is 10.9. The monoisotopic (exact) mass is 214 g/mol. The van der Waals surface area contributed by atoms with Gasteiger partial charge in [0.05, 0.1) is 11.6 Å². The zero-order valence-corrected chi connectivity index (χ0v) is 8.37. The maximum atomic E-state index is 11.7. The lowest BCUT2D eigenvalue weighted by molar-refractivity contribution is 0.483. The minimum Gasteiger partial charge on any atom is -0.405 e. The fourth-order valence-corrected chi connectivity index (χ4v) is 1.48. The summed E-state index contributed by atoms with van der Waals surface area (Å²) < 4.78 is 27.9.